The van der Waals surface area contributed by atoms with Crippen molar-refractivity contribution in [1.29, 1.82) is 0 Å². The van der Waals surface area contributed by atoms with Crippen LogP contribution in [0, 0.1) is 5.92 Å². The Morgan fingerprint density at radius 2 is 2.07 bits per heavy atom. The molecule has 27 heavy (non-hydrogen) atoms. The van der Waals surface area contributed by atoms with Crippen LogP contribution in [0.5, 0.6) is 0 Å². The molecule has 1 N–H and O–H groups in total. The fraction of sp³-hybridized carbons (Fsp3) is 0.789. The Morgan fingerprint density at radius 1 is 1.37 bits per heavy atom. The smallest absolute Gasteiger partial charge is 0.414 e. The van der Waals surface area contributed by atoms with Crippen molar-refractivity contribution in [3.05, 3.63) is 11.6 Å². The molecule has 0 aromatic carbocycles. The van der Waals surface area contributed by atoms with Crippen LogP contribution in [0.3, 0.4) is 0 Å². The third-order valence-corrected chi connectivity index (χ3v) is 6.10. The predicted molar refractivity (Wildman–Crippen MR) is 98.7 cm³/mol. The maximum Gasteiger partial charge on any atom is 0.414 e. The minimum Gasteiger partial charge on any atom is -0.443 e. The highest BCUT2D eigenvalue weighted by Gasteiger charge is 2.72. The second-order valence-corrected chi connectivity index (χ2v) is 8.27. The highest BCUT2D eigenvalue weighted by atomic mass is 35.5. The van der Waals surface area contributed by atoms with Gasteiger partial charge in [0.2, 0.25) is 5.91 Å². The molecule has 2 heterocycles. The van der Waals surface area contributed by atoms with Crippen molar-refractivity contribution in [2.75, 3.05) is 19.6 Å². The number of alkyl halides is 1. The number of imide groups is 1. The van der Waals surface area contributed by atoms with Gasteiger partial charge in [0, 0.05) is 7.11 Å². The van der Waals surface area contributed by atoms with Crippen LogP contribution in [-0.4, -0.2) is 61.1 Å². The molecule has 1 saturated carbocycles. The number of carbonyl (C=O) groups excluding carboxylic acids is 2. The summed E-state index contributed by atoms with van der Waals surface area (Å²) in [5, 5.41) is 2.11. The number of ether oxygens (including phenoxy) is 4. The molecule has 2 saturated heterocycles. The minimum absolute atomic E-state index is 0.0548. The van der Waals surface area contributed by atoms with Gasteiger partial charge in [-0.15, -0.1) is 11.6 Å². The number of alkyl carbamates (subject to hydrolysis) is 1. The topological polar surface area (TPSA) is 89.7 Å². The van der Waals surface area contributed by atoms with Gasteiger partial charge in [0.1, 0.15) is 29.3 Å². The lowest BCUT2D eigenvalue weighted by Gasteiger charge is -2.42. The summed E-state index contributed by atoms with van der Waals surface area (Å²) in [6, 6.07) is 0. The zero-order valence-corrected chi connectivity index (χ0v) is 17.0. The van der Waals surface area contributed by atoms with Crippen LogP contribution >= 0.6 is 11.6 Å². The Balaban J connectivity index is 1.73. The van der Waals surface area contributed by atoms with Crippen LogP contribution in [0.15, 0.2) is 11.6 Å². The zero-order chi connectivity index (χ0) is 19.8. The van der Waals surface area contributed by atoms with Gasteiger partial charge in [0.05, 0.1) is 18.6 Å². The number of nitrogens with one attached hydrogen (secondary N) is 1. The van der Waals surface area contributed by atoms with E-state index in [4.69, 9.17) is 30.5 Å². The molecule has 0 unspecified atom stereocenters. The summed E-state index contributed by atoms with van der Waals surface area (Å²) < 4.78 is 23.2. The molecule has 0 radical (unpaired) electrons. The molecule has 6 atom stereocenters. The molecule has 3 rings (SSSR count). The van der Waals surface area contributed by atoms with E-state index in [-0.39, 0.29) is 29.6 Å². The number of allylic oxidation sites excluding steroid dienone is 1. The summed E-state index contributed by atoms with van der Waals surface area (Å²) >= 11 is 5.42. The summed E-state index contributed by atoms with van der Waals surface area (Å²) in [6.45, 7) is 6.87. The van der Waals surface area contributed by atoms with E-state index >= 15 is 0 Å². The monoisotopic (exact) mass is 401 g/mol. The summed E-state index contributed by atoms with van der Waals surface area (Å²) in [5.41, 5.74) is 0.574. The number of methoxy groups -OCH3 is 1. The van der Waals surface area contributed by atoms with Crippen molar-refractivity contribution in [3.63, 3.8) is 0 Å². The third kappa shape index (κ3) is 4.16. The average Bonchev–Trinajstić information content (AvgIpc) is 3.52. The molecule has 3 aliphatic rings. The lowest BCUT2D eigenvalue weighted by Crippen LogP contribution is -2.56. The first-order valence-corrected chi connectivity index (χ1v) is 9.83. The number of carbonyl (C=O) groups is 2. The molecule has 1 spiro atoms. The quantitative estimate of drug-likeness (QED) is 0.418. The van der Waals surface area contributed by atoms with Crippen molar-refractivity contribution < 1.29 is 28.5 Å². The summed E-state index contributed by atoms with van der Waals surface area (Å²) in [6.07, 6.45) is 2.78. The highest BCUT2D eigenvalue weighted by Crippen LogP contribution is 2.59. The molecule has 1 aliphatic carbocycles. The van der Waals surface area contributed by atoms with Crippen molar-refractivity contribution in [1.82, 2.24) is 5.32 Å². The number of amides is 2. The van der Waals surface area contributed by atoms with E-state index in [2.05, 4.69) is 32.2 Å². The number of epoxide rings is 2. The maximum atomic E-state index is 12.0. The third-order valence-electron chi connectivity index (χ3n) is 5.86. The van der Waals surface area contributed by atoms with Gasteiger partial charge in [-0.2, -0.15) is 0 Å². The normalized spacial score (nSPS) is 39.6. The van der Waals surface area contributed by atoms with E-state index in [1.165, 1.54) is 5.57 Å². The van der Waals surface area contributed by atoms with Crippen LogP contribution in [0.1, 0.15) is 40.0 Å². The van der Waals surface area contributed by atoms with Gasteiger partial charge in [-0.05, 0) is 40.0 Å². The number of hydrogen-bond acceptors (Lipinski definition) is 6. The Kier molecular flexibility index (Phi) is 5.87. The Morgan fingerprint density at radius 3 is 2.63 bits per heavy atom. The molecular formula is C19H28ClNO6. The standard InChI is InChI=1S/C19H28ClNO6/c1-11(2)5-6-13-18(3,27-13)16-15(24-4)12(7-8-19(16)10-25-19)26-17(23)21-14(22)9-20/h5,12-13,15-16H,6-10H2,1-4H3,(H,21,22,23)/t12-,13-,15+,16+,18-,19-/m0/s1. The minimum atomic E-state index is -0.804. The van der Waals surface area contributed by atoms with E-state index in [0.29, 0.717) is 13.0 Å². The number of hydrogen-bond donors (Lipinski definition) is 1. The van der Waals surface area contributed by atoms with Crippen molar-refractivity contribution in [3.8, 4) is 0 Å². The second kappa shape index (κ2) is 7.70. The van der Waals surface area contributed by atoms with Gasteiger partial charge in [0.25, 0.3) is 0 Å². The van der Waals surface area contributed by atoms with Crippen LogP contribution < -0.4 is 5.32 Å². The molecule has 152 valence electrons. The molecule has 7 nitrogen and oxygen atoms in total. The van der Waals surface area contributed by atoms with Gasteiger partial charge >= 0.3 is 6.09 Å². The lowest BCUT2D eigenvalue weighted by atomic mass is 9.68. The van der Waals surface area contributed by atoms with Gasteiger partial charge in [-0.25, -0.2) is 4.79 Å². The van der Waals surface area contributed by atoms with Gasteiger partial charge in [-0.3, -0.25) is 10.1 Å². The highest BCUT2D eigenvalue weighted by molar-refractivity contribution is 6.28. The first-order valence-electron chi connectivity index (χ1n) is 9.30. The van der Waals surface area contributed by atoms with E-state index in [9.17, 15) is 9.59 Å². The van der Waals surface area contributed by atoms with Crippen LogP contribution in [0.4, 0.5) is 4.79 Å². The first kappa shape index (κ1) is 20.6. The molecule has 0 aromatic rings. The van der Waals surface area contributed by atoms with Crippen LogP contribution in [0.25, 0.3) is 0 Å². The van der Waals surface area contributed by atoms with Gasteiger partial charge in [0.15, 0.2) is 0 Å². The fourth-order valence-electron chi connectivity index (χ4n) is 4.38. The predicted octanol–water partition coefficient (Wildman–Crippen LogP) is 2.55. The Hall–Kier alpha value is -1.15. The summed E-state index contributed by atoms with van der Waals surface area (Å²) in [4.78, 5) is 23.3. The molecule has 2 aliphatic heterocycles. The van der Waals surface area contributed by atoms with Crippen LogP contribution in [0.2, 0.25) is 0 Å². The Labute approximate surface area is 164 Å². The molecule has 3 fully saturated rings. The summed E-state index contributed by atoms with van der Waals surface area (Å²) in [7, 11) is 1.61. The molecule has 0 bridgehead atoms. The molecule has 8 heteroatoms. The average molecular weight is 402 g/mol. The molecular weight excluding hydrogens is 374 g/mol. The molecule has 0 aromatic heterocycles. The van der Waals surface area contributed by atoms with Crippen LogP contribution in [-0.2, 0) is 23.7 Å². The van der Waals surface area contributed by atoms with Gasteiger partial charge in [-0.1, -0.05) is 11.6 Å². The summed E-state index contributed by atoms with van der Waals surface area (Å²) in [5.74, 6) is -0.949. The Bertz CT molecular complexity index is 630. The largest absolute Gasteiger partial charge is 0.443 e. The van der Waals surface area contributed by atoms with E-state index in [1.807, 2.05) is 0 Å². The van der Waals surface area contributed by atoms with Crippen molar-refractivity contribution in [2.24, 2.45) is 5.92 Å². The van der Waals surface area contributed by atoms with E-state index in [0.717, 1.165) is 12.8 Å². The lowest BCUT2D eigenvalue weighted by molar-refractivity contribution is -0.124. The second-order valence-electron chi connectivity index (χ2n) is 8.00. The zero-order valence-electron chi connectivity index (χ0n) is 16.2. The van der Waals surface area contributed by atoms with E-state index in [1.54, 1.807) is 7.11 Å². The maximum absolute atomic E-state index is 12.0. The first-order chi connectivity index (χ1) is 12.8. The SMILES string of the molecule is CO[C@@H]1[C@@H](OC(=O)NC(=O)CCl)CC[C@]2(CO2)[C@H]1[C@@]1(C)O[C@H]1CC=C(C)C. The van der Waals surface area contributed by atoms with Crippen molar-refractivity contribution >= 4 is 23.6 Å². The van der Waals surface area contributed by atoms with E-state index < -0.39 is 23.7 Å². The number of halogens is 1. The van der Waals surface area contributed by atoms with Gasteiger partial charge < -0.3 is 18.9 Å². The molecule has 2 amide bonds. The van der Waals surface area contributed by atoms with Crippen molar-refractivity contribution in [2.45, 2.75) is 69.5 Å². The fourth-order valence-corrected chi connectivity index (χ4v) is 4.45. The number of rotatable bonds is 6.